The quantitative estimate of drug-likeness (QED) is 0.699. The predicted molar refractivity (Wildman–Crippen MR) is 105 cm³/mol. The first kappa shape index (κ1) is 18.8. The first-order valence-corrected chi connectivity index (χ1v) is 9.16. The Kier molecular flexibility index (Phi) is 4.84. The highest BCUT2D eigenvalue weighted by molar-refractivity contribution is 5.91. The Morgan fingerprint density at radius 1 is 0.897 bits per heavy atom. The van der Waals surface area contributed by atoms with Crippen LogP contribution in [-0.4, -0.2) is 17.9 Å². The number of nitrogens with two attached hydrogens (primary N) is 1. The molecule has 0 heterocycles. The number of amides is 2. The lowest BCUT2D eigenvalue weighted by atomic mass is 9.88. The normalized spacial score (nSPS) is 13.4. The van der Waals surface area contributed by atoms with E-state index in [0.29, 0.717) is 0 Å². The highest BCUT2D eigenvalue weighted by atomic mass is 19.1. The van der Waals surface area contributed by atoms with Crippen molar-refractivity contribution in [2.24, 2.45) is 5.73 Å². The Balaban J connectivity index is 1.65. The van der Waals surface area contributed by atoms with Crippen molar-refractivity contribution in [3.8, 4) is 11.1 Å². The van der Waals surface area contributed by atoms with E-state index in [1.807, 2.05) is 48.5 Å². The number of carbonyl (C=O) groups is 2. The van der Waals surface area contributed by atoms with Gasteiger partial charge >= 0.3 is 0 Å². The van der Waals surface area contributed by atoms with Crippen LogP contribution in [0.1, 0.15) is 22.6 Å². The molecular weight excluding hydrogens is 374 g/mol. The number of hydrogen-bond acceptors (Lipinski definition) is 2. The van der Waals surface area contributed by atoms with Crippen LogP contribution in [0.2, 0.25) is 0 Å². The summed E-state index contributed by atoms with van der Waals surface area (Å²) < 4.78 is 26.8. The van der Waals surface area contributed by atoms with Gasteiger partial charge < -0.3 is 11.1 Å². The first-order chi connectivity index (χ1) is 13.9. The fourth-order valence-electron chi connectivity index (χ4n) is 4.00. The van der Waals surface area contributed by atoms with E-state index in [9.17, 15) is 18.4 Å². The van der Waals surface area contributed by atoms with Crippen LogP contribution in [0.3, 0.4) is 0 Å². The lowest BCUT2D eigenvalue weighted by Crippen LogP contribution is -2.48. The fourth-order valence-corrected chi connectivity index (χ4v) is 4.00. The molecule has 0 aromatic heterocycles. The maximum absolute atomic E-state index is 13.4. The highest BCUT2D eigenvalue weighted by Crippen LogP contribution is 2.46. The molecule has 0 aliphatic heterocycles. The molecule has 4 rings (SSSR count). The van der Waals surface area contributed by atoms with Gasteiger partial charge in [0.25, 0.3) is 0 Å². The van der Waals surface area contributed by atoms with Crippen molar-refractivity contribution in [1.82, 2.24) is 5.32 Å². The number of nitrogens with one attached hydrogen (secondary N) is 1. The molecule has 1 aliphatic carbocycles. The molecular formula is C23H18F2N2O2. The molecule has 3 N–H and O–H groups in total. The topological polar surface area (TPSA) is 72.2 Å². The zero-order valence-electron chi connectivity index (χ0n) is 15.4. The zero-order valence-corrected chi connectivity index (χ0v) is 15.4. The van der Waals surface area contributed by atoms with Crippen molar-refractivity contribution >= 4 is 11.8 Å². The van der Waals surface area contributed by atoms with Crippen molar-refractivity contribution in [3.63, 3.8) is 0 Å². The maximum Gasteiger partial charge on any atom is 0.240 e. The van der Waals surface area contributed by atoms with Crippen molar-refractivity contribution in [3.05, 3.63) is 95.1 Å². The molecule has 0 fully saturated rings. The average molecular weight is 392 g/mol. The van der Waals surface area contributed by atoms with Gasteiger partial charge in [0.05, 0.1) is 6.42 Å². The van der Waals surface area contributed by atoms with Gasteiger partial charge in [0.1, 0.15) is 17.7 Å². The Hall–Kier alpha value is -3.54. The molecule has 0 bridgehead atoms. The third kappa shape index (κ3) is 3.61. The van der Waals surface area contributed by atoms with Gasteiger partial charge in [0.15, 0.2) is 0 Å². The summed E-state index contributed by atoms with van der Waals surface area (Å²) >= 11 is 0. The molecule has 3 aromatic rings. The summed E-state index contributed by atoms with van der Waals surface area (Å²) in [6, 6.07) is 17.2. The second-order valence-corrected chi connectivity index (χ2v) is 7.05. The Bertz CT molecular complexity index is 1050. The van der Waals surface area contributed by atoms with E-state index in [1.54, 1.807) is 0 Å². The molecule has 29 heavy (non-hydrogen) atoms. The smallest absolute Gasteiger partial charge is 0.240 e. The van der Waals surface area contributed by atoms with E-state index in [-0.39, 0.29) is 12.0 Å². The van der Waals surface area contributed by atoms with E-state index < -0.39 is 35.4 Å². The van der Waals surface area contributed by atoms with Crippen LogP contribution in [0.4, 0.5) is 8.78 Å². The molecule has 146 valence electrons. The monoisotopic (exact) mass is 392 g/mol. The van der Waals surface area contributed by atoms with Crippen molar-refractivity contribution in [2.45, 2.75) is 18.4 Å². The number of hydrogen-bond donors (Lipinski definition) is 2. The van der Waals surface area contributed by atoms with Gasteiger partial charge in [0, 0.05) is 12.0 Å². The number of fused-ring (bicyclic) bond motifs is 3. The van der Waals surface area contributed by atoms with Crippen LogP contribution in [0.15, 0.2) is 66.7 Å². The molecule has 4 nitrogen and oxygen atoms in total. The van der Waals surface area contributed by atoms with E-state index >= 15 is 0 Å². The first-order valence-electron chi connectivity index (χ1n) is 9.16. The summed E-state index contributed by atoms with van der Waals surface area (Å²) in [6.07, 6.45) is -0.269. The number of carbonyl (C=O) groups excluding carboxylic acids is 2. The van der Waals surface area contributed by atoms with Gasteiger partial charge in [-0.25, -0.2) is 8.78 Å². The van der Waals surface area contributed by atoms with Crippen molar-refractivity contribution < 1.29 is 18.4 Å². The third-order valence-electron chi connectivity index (χ3n) is 5.13. The standard InChI is InChI=1S/C23H18F2N2O2/c24-14-9-13(10-15(25)12-14)11-20(28)27-22(23(26)29)21-18-7-3-1-5-16(18)17-6-2-4-8-19(17)21/h1-10,12,21-22H,11H2,(H2,26,29)(H,27,28)/t22-/m1/s1. The van der Waals surface area contributed by atoms with E-state index in [1.165, 1.54) is 0 Å². The predicted octanol–water partition coefficient (Wildman–Crippen LogP) is 3.29. The minimum atomic E-state index is -0.995. The van der Waals surface area contributed by atoms with Crippen LogP contribution in [0.5, 0.6) is 0 Å². The summed E-state index contributed by atoms with van der Waals surface area (Å²) in [5.74, 6) is -3.19. The Morgan fingerprint density at radius 2 is 1.41 bits per heavy atom. The molecule has 0 unspecified atom stereocenters. The SMILES string of the molecule is NC(=O)[C@H](NC(=O)Cc1cc(F)cc(F)c1)C1c2ccccc2-c2ccccc21. The van der Waals surface area contributed by atoms with Crippen LogP contribution in [-0.2, 0) is 16.0 Å². The van der Waals surface area contributed by atoms with Crippen LogP contribution < -0.4 is 11.1 Å². The Morgan fingerprint density at radius 3 is 1.93 bits per heavy atom. The minimum absolute atomic E-state index is 0.176. The number of rotatable bonds is 5. The molecule has 2 amide bonds. The molecule has 3 aromatic carbocycles. The third-order valence-corrected chi connectivity index (χ3v) is 5.13. The summed E-state index contributed by atoms with van der Waals surface area (Å²) in [5, 5.41) is 2.67. The van der Waals surface area contributed by atoms with Gasteiger partial charge in [-0.2, -0.15) is 0 Å². The lowest BCUT2D eigenvalue weighted by Gasteiger charge is -2.24. The summed E-state index contributed by atoms with van der Waals surface area (Å²) in [6.45, 7) is 0. The molecule has 1 aliphatic rings. The fraction of sp³-hybridized carbons (Fsp3) is 0.130. The summed E-state index contributed by atoms with van der Waals surface area (Å²) in [5.41, 5.74) is 9.59. The summed E-state index contributed by atoms with van der Waals surface area (Å²) in [4.78, 5) is 24.9. The van der Waals surface area contributed by atoms with Gasteiger partial charge in [0.2, 0.25) is 11.8 Å². The number of halogens is 2. The van der Waals surface area contributed by atoms with E-state index in [0.717, 1.165) is 40.5 Å². The van der Waals surface area contributed by atoms with Crippen molar-refractivity contribution in [1.29, 1.82) is 0 Å². The second-order valence-electron chi connectivity index (χ2n) is 7.05. The molecule has 6 heteroatoms. The van der Waals surface area contributed by atoms with E-state index in [4.69, 9.17) is 5.73 Å². The van der Waals surface area contributed by atoms with Gasteiger partial charge in [-0.1, -0.05) is 48.5 Å². The minimum Gasteiger partial charge on any atom is -0.368 e. The average Bonchev–Trinajstić information content (AvgIpc) is 2.99. The molecule has 1 atom stereocenters. The largest absolute Gasteiger partial charge is 0.368 e. The zero-order chi connectivity index (χ0) is 20.5. The van der Waals surface area contributed by atoms with Gasteiger partial charge in [-0.05, 0) is 39.9 Å². The lowest BCUT2D eigenvalue weighted by molar-refractivity contribution is -0.127. The van der Waals surface area contributed by atoms with Crippen molar-refractivity contribution in [2.75, 3.05) is 0 Å². The van der Waals surface area contributed by atoms with Gasteiger partial charge in [-0.3, -0.25) is 9.59 Å². The highest BCUT2D eigenvalue weighted by Gasteiger charge is 2.37. The van der Waals surface area contributed by atoms with Crippen LogP contribution >= 0.6 is 0 Å². The number of primary amides is 1. The molecule has 0 radical (unpaired) electrons. The molecule has 0 saturated carbocycles. The second kappa shape index (κ2) is 7.47. The molecule has 0 saturated heterocycles. The van der Waals surface area contributed by atoms with Gasteiger partial charge in [-0.15, -0.1) is 0 Å². The van der Waals surface area contributed by atoms with E-state index in [2.05, 4.69) is 5.32 Å². The molecule has 0 spiro atoms. The summed E-state index contributed by atoms with van der Waals surface area (Å²) in [7, 11) is 0. The van der Waals surface area contributed by atoms with Crippen LogP contribution in [0.25, 0.3) is 11.1 Å². The Labute approximate surface area is 166 Å². The maximum atomic E-state index is 13.4. The number of benzene rings is 3. The van der Waals surface area contributed by atoms with Crippen LogP contribution in [0, 0.1) is 11.6 Å².